The molecule has 3 rings (SSSR count). The first-order chi connectivity index (χ1) is 10.0. The maximum atomic E-state index is 11.8. The molecule has 2 aromatic rings. The molecular formula is C14H9ClN2O2S2. The minimum atomic E-state index is -0.328. The van der Waals surface area contributed by atoms with Gasteiger partial charge in [0, 0.05) is 16.7 Å². The summed E-state index contributed by atoms with van der Waals surface area (Å²) in [6.45, 7) is 0. The summed E-state index contributed by atoms with van der Waals surface area (Å²) in [5.74, 6) is 6.41. The second-order valence-electron chi connectivity index (χ2n) is 4.26. The summed E-state index contributed by atoms with van der Waals surface area (Å²) >= 11 is 12.1. The standard InChI is InChI=1S/C14H9ClN2O2S2/c15-9-3-1-2-8(6-9)11-5-4-10(19-11)7-12-13(18)17(16)14(20)21-12/h1-7H,16H2/b12-7-. The van der Waals surface area contributed by atoms with E-state index < -0.39 is 0 Å². The van der Waals surface area contributed by atoms with E-state index in [9.17, 15) is 4.79 Å². The van der Waals surface area contributed by atoms with Crippen LogP contribution in [-0.4, -0.2) is 15.2 Å². The maximum Gasteiger partial charge on any atom is 0.280 e. The fraction of sp³-hybridized carbons (Fsp3) is 0. The van der Waals surface area contributed by atoms with Gasteiger partial charge in [-0.1, -0.05) is 47.7 Å². The highest BCUT2D eigenvalue weighted by atomic mass is 35.5. The Morgan fingerprint density at radius 1 is 1.33 bits per heavy atom. The van der Waals surface area contributed by atoms with Crippen molar-refractivity contribution in [1.82, 2.24) is 5.01 Å². The van der Waals surface area contributed by atoms with Gasteiger partial charge in [0.15, 0.2) is 4.32 Å². The van der Waals surface area contributed by atoms with Crippen LogP contribution in [0.4, 0.5) is 0 Å². The summed E-state index contributed by atoms with van der Waals surface area (Å²) in [5.41, 5.74) is 0.869. The van der Waals surface area contributed by atoms with Crippen LogP contribution in [0.5, 0.6) is 0 Å². The summed E-state index contributed by atoms with van der Waals surface area (Å²) in [4.78, 5) is 12.2. The molecule has 1 aliphatic heterocycles. The molecule has 2 N–H and O–H groups in total. The molecule has 0 aliphatic carbocycles. The van der Waals surface area contributed by atoms with Crippen LogP contribution in [0.1, 0.15) is 5.76 Å². The molecule has 1 fully saturated rings. The predicted molar refractivity (Wildman–Crippen MR) is 88.4 cm³/mol. The number of benzene rings is 1. The normalized spacial score (nSPS) is 17.0. The number of thiocarbonyl (C=S) groups is 1. The van der Waals surface area contributed by atoms with Crippen LogP contribution in [0.3, 0.4) is 0 Å². The topological polar surface area (TPSA) is 59.5 Å². The molecule has 1 aromatic carbocycles. The Balaban J connectivity index is 1.89. The molecule has 21 heavy (non-hydrogen) atoms. The third kappa shape index (κ3) is 2.89. The van der Waals surface area contributed by atoms with Gasteiger partial charge in [-0.3, -0.25) is 4.79 Å². The summed E-state index contributed by atoms with van der Waals surface area (Å²) in [6, 6.07) is 10.9. The lowest BCUT2D eigenvalue weighted by Crippen LogP contribution is -2.34. The van der Waals surface area contributed by atoms with Gasteiger partial charge in [-0.25, -0.2) is 10.9 Å². The van der Waals surface area contributed by atoms with E-state index in [1.165, 1.54) is 0 Å². The lowest BCUT2D eigenvalue weighted by Gasteiger charge is -2.02. The van der Waals surface area contributed by atoms with Crippen molar-refractivity contribution in [3.63, 3.8) is 0 Å². The first-order valence-corrected chi connectivity index (χ1v) is 7.53. The van der Waals surface area contributed by atoms with Crippen molar-refractivity contribution in [3.8, 4) is 11.3 Å². The quantitative estimate of drug-likeness (QED) is 0.392. The highest BCUT2D eigenvalue weighted by Crippen LogP contribution is 2.32. The summed E-state index contributed by atoms with van der Waals surface area (Å²) in [5, 5.41) is 1.58. The number of hydrogen-bond donors (Lipinski definition) is 1. The van der Waals surface area contributed by atoms with Gasteiger partial charge in [0.25, 0.3) is 5.91 Å². The number of halogens is 1. The van der Waals surface area contributed by atoms with Crippen molar-refractivity contribution in [3.05, 3.63) is 52.1 Å². The molecule has 0 radical (unpaired) electrons. The second kappa shape index (κ2) is 5.65. The van der Waals surface area contributed by atoms with Crippen molar-refractivity contribution >= 4 is 51.9 Å². The van der Waals surface area contributed by atoms with E-state index in [0.717, 1.165) is 22.3 Å². The van der Waals surface area contributed by atoms with E-state index in [1.807, 2.05) is 24.3 Å². The van der Waals surface area contributed by atoms with E-state index in [0.29, 0.717) is 25.8 Å². The molecule has 1 amide bonds. The first kappa shape index (κ1) is 14.3. The summed E-state index contributed by atoms with van der Waals surface area (Å²) in [6.07, 6.45) is 1.63. The van der Waals surface area contributed by atoms with Gasteiger partial charge in [0.1, 0.15) is 11.5 Å². The van der Waals surface area contributed by atoms with Crippen LogP contribution < -0.4 is 5.84 Å². The average Bonchev–Trinajstić information content (AvgIpc) is 3.01. The third-order valence-corrected chi connectivity index (χ3v) is 4.40. The largest absolute Gasteiger partial charge is 0.457 e. The van der Waals surface area contributed by atoms with Crippen LogP contribution in [0.2, 0.25) is 5.02 Å². The summed E-state index contributed by atoms with van der Waals surface area (Å²) in [7, 11) is 0. The fourth-order valence-corrected chi connectivity index (χ4v) is 3.11. The Bertz CT molecular complexity index is 770. The van der Waals surface area contributed by atoms with E-state index in [2.05, 4.69) is 0 Å². The molecule has 4 nitrogen and oxygen atoms in total. The lowest BCUT2D eigenvalue weighted by atomic mass is 10.2. The molecule has 0 atom stereocenters. The number of rotatable bonds is 2. The molecule has 0 spiro atoms. The molecule has 0 saturated carbocycles. The first-order valence-electron chi connectivity index (χ1n) is 5.93. The fourth-order valence-electron chi connectivity index (χ4n) is 1.84. The van der Waals surface area contributed by atoms with Gasteiger partial charge in [-0.2, -0.15) is 0 Å². The molecule has 0 unspecified atom stereocenters. The Hall–Kier alpha value is -1.60. The number of carbonyl (C=O) groups is 1. The molecule has 2 heterocycles. The van der Waals surface area contributed by atoms with Crippen molar-refractivity contribution in [2.24, 2.45) is 5.84 Å². The Morgan fingerprint density at radius 3 is 2.81 bits per heavy atom. The highest BCUT2D eigenvalue weighted by Gasteiger charge is 2.30. The molecule has 0 bridgehead atoms. The maximum absolute atomic E-state index is 11.8. The van der Waals surface area contributed by atoms with Crippen LogP contribution in [0.15, 0.2) is 45.7 Å². The van der Waals surface area contributed by atoms with Crippen LogP contribution in [-0.2, 0) is 4.79 Å². The smallest absolute Gasteiger partial charge is 0.280 e. The van der Waals surface area contributed by atoms with Crippen molar-refractivity contribution in [1.29, 1.82) is 0 Å². The number of carbonyl (C=O) groups excluding carboxylic acids is 1. The molecule has 106 valence electrons. The number of hydrazine groups is 1. The summed E-state index contributed by atoms with van der Waals surface area (Å²) < 4.78 is 6.03. The Kier molecular flexibility index (Phi) is 3.86. The van der Waals surface area contributed by atoms with Gasteiger partial charge in [0.2, 0.25) is 0 Å². The number of amides is 1. The number of thioether (sulfide) groups is 1. The third-order valence-electron chi connectivity index (χ3n) is 2.83. The van der Waals surface area contributed by atoms with Crippen molar-refractivity contribution in [2.75, 3.05) is 0 Å². The Morgan fingerprint density at radius 2 is 2.14 bits per heavy atom. The monoisotopic (exact) mass is 336 g/mol. The zero-order valence-electron chi connectivity index (χ0n) is 10.6. The van der Waals surface area contributed by atoms with Crippen molar-refractivity contribution in [2.45, 2.75) is 0 Å². The predicted octanol–water partition coefficient (Wildman–Crippen LogP) is 3.67. The highest BCUT2D eigenvalue weighted by molar-refractivity contribution is 8.26. The zero-order chi connectivity index (χ0) is 15.0. The van der Waals surface area contributed by atoms with Crippen LogP contribution in [0, 0.1) is 0 Å². The number of hydrogen-bond acceptors (Lipinski definition) is 5. The molecule has 7 heteroatoms. The Labute approximate surface area is 135 Å². The minimum Gasteiger partial charge on any atom is -0.457 e. The SMILES string of the molecule is NN1C(=O)/C(=C/c2ccc(-c3cccc(Cl)c3)o2)SC1=S. The number of nitrogens with zero attached hydrogens (tertiary/aromatic N) is 1. The van der Waals surface area contributed by atoms with Gasteiger partial charge in [-0.05, 0) is 24.3 Å². The minimum absolute atomic E-state index is 0.327. The number of furan rings is 1. The van der Waals surface area contributed by atoms with Gasteiger partial charge >= 0.3 is 0 Å². The average molecular weight is 337 g/mol. The van der Waals surface area contributed by atoms with Gasteiger partial charge in [-0.15, -0.1) is 0 Å². The molecule has 1 aliphatic rings. The molecule has 1 saturated heterocycles. The van der Waals surface area contributed by atoms with E-state index in [-0.39, 0.29) is 5.91 Å². The van der Waals surface area contributed by atoms with Gasteiger partial charge in [0.05, 0.1) is 4.91 Å². The molecular weight excluding hydrogens is 328 g/mol. The van der Waals surface area contributed by atoms with E-state index in [4.69, 9.17) is 34.1 Å². The number of nitrogens with two attached hydrogens (primary N) is 1. The second-order valence-corrected chi connectivity index (χ2v) is 6.38. The van der Waals surface area contributed by atoms with E-state index >= 15 is 0 Å². The van der Waals surface area contributed by atoms with E-state index in [1.54, 1.807) is 18.2 Å². The molecule has 1 aromatic heterocycles. The zero-order valence-corrected chi connectivity index (χ0v) is 13.0. The van der Waals surface area contributed by atoms with Crippen molar-refractivity contribution < 1.29 is 9.21 Å². The van der Waals surface area contributed by atoms with Crippen LogP contribution >= 0.6 is 35.6 Å². The lowest BCUT2D eigenvalue weighted by molar-refractivity contribution is -0.122. The van der Waals surface area contributed by atoms with Crippen LogP contribution in [0.25, 0.3) is 17.4 Å². The van der Waals surface area contributed by atoms with Gasteiger partial charge < -0.3 is 4.42 Å².